The number of Topliss-reactive ketones (excluding diaryl/α,β-unsaturated/α-hetero) is 1. The van der Waals surface area contributed by atoms with E-state index in [0.29, 0.717) is 23.6 Å². The first-order valence-corrected chi connectivity index (χ1v) is 11.4. The highest BCUT2D eigenvalue weighted by Gasteiger charge is 2.47. The first kappa shape index (κ1) is 21.3. The van der Waals surface area contributed by atoms with E-state index in [1.54, 1.807) is 36.4 Å². The summed E-state index contributed by atoms with van der Waals surface area (Å²) in [5.41, 5.74) is 2.06. The van der Waals surface area contributed by atoms with E-state index in [1.807, 2.05) is 37.4 Å². The maximum Gasteiger partial charge on any atom is 0.300 e. The predicted octanol–water partition coefficient (Wildman–Crippen LogP) is 5.84. The first-order valence-electron chi connectivity index (χ1n) is 9.76. The standard InChI is InChI=1S/C24H20BrNO4S/c1-3-30-17-9-7-16(8-10-17)26-21(19-5-4-12-31-19)20(23(28)24(26)29)22(27)15-6-11-18(25)14(2)13-15/h4-13,21,27H,3H2,1-2H3/b22-20-. The van der Waals surface area contributed by atoms with E-state index in [-0.39, 0.29) is 11.3 Å². The van der Waals surface area contributed by atoms with Crippen molar-refractivity contribution < 1.29 is 19.4 Å². The van der Waals surface area contributed by atoms with Crippen LogP contribution < -0.4 is 9.64 Å². The van der Waals surface area contributed by atoms with Crippen LogP contribution in [-0.4, -0.2) is 23.4 Å². The average molecular weight is 498 g/mol. The summed E-state index contributed by atoms with van der Waals surface area (Å²) in [7, 11) is 0. The molecule has 1 saturated heterocycles. The van der Waals surface area contributed by atoms with E-state index < -0.39 is 17.7 Å². The number of carbonyl (C=O) groups excluding carboxylic acids is 2. The molecule has 4 rings (SSSR count). The lowest BCUT2D eigenvalue weighted by Gasteiger charge is -2.24. The number of amides is 1. The highest BCUT2D eigenvalue weighted by atomic mass is 79.9. The molecule has 1 aliphatic rings. The van der Waals surface area contributed by atoms with Crippen LogP contribution >= 0.6 is 27.3 Å². The minimum Gasteiger partial charge on any atom is -0.507 e. The molecule has 0 spiro atoms. The molecule has 1 N–H and O–H groups in total. The largest absolute Gasteiger partial charge is 0.507 e. The number of hydrogen-bond donors (Lipinski definition) is 1. The van der Waals surface area contributed by atoms with E-state index in [0.717, 1.165) is 14.9 Å². The number of ketones is 1. The van der Waals surface area contributed by atoms with Gasteiger partial charge in [0.05, 0.1) is 12.2 Å². The Hall–Kier alpha value is -2.90. The number of aliphatic hydroxyl groups is 1. The van der Waals surface area contributed by atoms with Crippen molar-refractivity contribution in [3.8, 4) is 5.75 Å². The normalized spacial score (nSPS) is 17.9. The maximum atomic E-state index is 13.1. The van der Waals surface area contributed by atoms with Gasteiger partial charge in [0.15, 0.2) is 0 Å². The number of hydrogen-bond acceptors (Lipinski definition) is 5. The van der Waals surface area contributed by atoms with Crippen molar-refractivity contribution in [1.82, 2.24) is 0 Å². The molecule has 0 bridgehead atoms. The monoisotopic (exact) mass is 497 g/mol. The van der Waals surface area contributed by atoms with Crippen LogP contribution in [-0.2, 0) is 9.59 Å². The van der Waals surface area contributed by atoms with Gasteiger partial charge >= 0.3 is 0 Å². The Labute approximate surface area is 192 Å². The average Bonchev–Trinajstić information content (AvgIpc) is 3.38. The topological polar surface area (TPSA) is 66.8 Å². The van der Waals surface area contributed by atoms with E-state index >= 15 is 0 Å². The Kier molecular flexibility index (Phi) is 5.98. The molecule has 1 aromatic heterocycles. The molecule has 0 aliphatic carbocycles. The lowest BCUT2D eigenvalue weighted by molar-refractivity contribution is -0.132. The molecule has 1 amide bonds. The van der Waals surface area contributed by atoms with Gasteiger partial charge in [-0.05, 0) is 67.3 Å². The van der Waals surface area contributed by atoms with Crippen molar-refractivity contribution >= 4 is 50.4 Å². The van der Waals surface area contributed by atoms with Gasteiger partial charge in [0, 0.05) is 20.6 Å². The Balaban J connectivity index is 1.86. The number of benzene rings is 2. The van der Waals surface area contributed by atoms with E-state index in [4.69, 9.17) is 4.74 Å². The van der Waals surface area contributed by atoms with Gasteiger partial charge in [-0.25, -0.2) is 0 Å². The number of thiophene rings is 1. The molecule has 0 radical (unpaired) electrons. The van der Waals surface area contributed by atoms with E-state index in [1.165, 1.54) is 16.2 Å². The van der Waals surface area contributed by atoms with Gasteiger partial charge in [-0.15, -0.1) is 11.3 Å². The van der Waals surface area contributed by atoms with E-state index in [9.17, 15) is 14.7 Å². The fraction of sp³-hybridized carbons (Fsp3) is 0.167. The highest BCUT2D eigenvalue weighted by Crippen LogP contribution is 2.44. The molecule has 2 heterocycles. The molecule has 1 atom stereocenters. The minimum atomic E-state index is -0.707. The first-order chi connectivity index (χ1) is 14.9. The van der Waals surface area contributed by atoms with Crippen molar-refractivity contribution in [2.24, 2.45) is 0 Å². The van der Waals surface area contributed by atoms with Gasteiger partial charge in [0.25, 0.3) is 11.7 Å². The van der Waals surface area contributed by atoms with E-state index in [2.05, 4.69) is 15.9 Å². The zero-order chi connectivity index (χ0) is 22.1. The summed E-state index contributed by atoms with van der Waals surface area (Å²) in [4.78, 5) is 28.4. The van der Waals surface area contributed by atoms with Gasteiger partial charge in [0.2, 0.25) is 0 Å². The van der Waals surface area contributed by atoms with Crippen LogP contribution in [0.5, 0.6) is 5.75 Å². The number of rotatable bonds is 5. The van der Waals surface area contributed by atoms with Crippen LogP contribution in [0.1, 0.15) is 29.0 Å². The zero-order valence-corrected chi connectivity index (χ0v) is 19.4. The van der Waals surface area contributed by atoms with Crippen LogP contribution in [0.25, 0.3) is 5.76 Å². The molecular formula is C24H20BrNO4S. The van der Waals surface area contributed by atoms with Gasteiger partial charge < -0.3 is 9.84 Å². The number of aryl methyl sites for hydroxylation is 1. The molecule has 1 fully saturated rings. The lowest BCUT2D eigenvalue weighted by Crippen LogP contribution is -2.29. The summed E-state index contributed by atoms with van der Waals surface area (Å²) >= 11 is 4.88. The predicted molar refractivity (Wildman–Crippen MR) is 126 cm³/mol. The quantitative estimate of drug-likeness (QED) is 0.273. The molecule has 1 unspecified atom stereocenters. The molecule has 2 aromatic carbocycles. The fourth-order valence-corrected chi connectivity index (χ4v) is 4.70. The second kappa shape index (κ2) is 8.69. The molecule has 7 heteroatoms. The molecule has 31 heavy (non-hydrogen) atoms. The third-order valence-electron chi connectivity index (χ3n) is 5.11. The number of halogens is 1. The van der Waals surface area contributed by atoms with Gasteiger partial charge in [0.1, 0.15) is 17.6 Å². The van der Waals surface area contributed by atoms with Gasteiger partial charge in [-0.3, -0.25) is 14.5 Å². The second-order valence-corrected chi connectivity index (χ2v) is 8.91. The summed E-state index contributed by atoms with van der Waals surface area (Å²) in [6, 6.07) is 15.4. The zero-order valence-electron chi connectivity index (χ0n) is 17.0. The Morgan fingerprint density at radius 2 is 1.90 bits per heavy atom. The summed E-state index contributed by atoms with van der Waals surface area (Å²) in [5.74, 6) is -0.870. The van der Waals surface area contributed by atoms with Crippen molar-refractivity contribution in [2.45, 2.75) is 19.9 Å². The van der Waals surface area contributed by atoms with Crippen molar-refractivity contribution in [2.75, 3.05) is 11.5 Å². The second-order valence-electron chi connectivity index (χ2n) is 7.08. The minimum absolute atomic E-state index is 0.0862. The Bertz CT molecular complexity index is 1170. The molecule has 0 saturated carbocycles. The van der Waals surface area contributed by atoms with Crippen molar-refractivity contribution in [3.63, 3.8) is 0 Å². The molecule has 3 aromatic rings. The smallest absolute Gasteiger partial charge is 0.300 e. The fourth-order valence-electron chi connectivity index (χ4n) is 3.63. The maximum absolute atomic E-state index is 13.1. The molecule has 1 aliphatic heterocycles. The number of carbonyl (C=O) groups is 2. The third kappa shape index (κ3) is 3.91. The molecule has 5 nitrogen and oxygen atoms in total. The Morgan fingerprint density at radius 3 is 2.52 bits per heavy atom. The number of ether oxygens (including phenoxy) is 1. The number of nitrogens with zero attached hydrogens (tertiary/aromatic N) is 1. The van der Waals surface area contributed by atoms with Gasteiger partial charge in [-0.2, -0.15) is 0 Å². The molecule has 158 valence electrons. The summed E-state index contributed by atoms with van der Waals surface area (Å²) in [6.07, 6.45) is 0. The molecular weight excluding hydrogens is 478 g/mol. The summed E-state index contributed by atoms with van der Waals surface area (Å²) < 4.78 is 6.38. The number of anilines is 1. The van der Waals surface area contributed by atoms with Crippen LogP contribution in [0.3, 0.4) is 0 Å². The SMILES string of the molecule is CCOc1ccc(N2C(=O)C(=O)/C(=C(\O)c3ccc(Br)c(C)c3)C2c2cccs2)cc1. The Morgan fingerprint density at radius 1 is 1.16 bits per heavy atom. The van der Waals surface area contributed by atoms with Gasteiger partial charge in [-0.1, -0.05) is 28.1 Å². The summed E-state index contributed by atoms with van der Waals surface area (Å²) in [6.45, 7) is 4.33. The van der Waals surface area contributed by atoms with Crippen LogP contribution in [0, 0.1) is 6.92 Å². The summed E-state index contributed by atoms with van der Waals surface area (Å²) in [5, 5.41) is 13.0. The van der Waals surface area contributed by atoms with Crippen LogP contribution in [0.4, 0.5) is 5.69 Å². The lowest BCUT2D eigenvalue weighted by atomic mass is 9.99. The number of aliphatic hydroxyl groups excluding tert-OH is 1. The van der Waals surface area contributed by atoms with Crippen molar-refractivity contribution in [1.29, 1.82) is 0 Å². The van der Waals surface area contributed by atoms with Crippen LogP contribution in [0.15, 0.2) is 70.0 Å². The van der Waals surface area contributed by atoms with Crippen LogP contribution in [0.2, 0.25) is 0 Å². The van der Waals surface area contributed by atoms with Crippen molar-refractivity contribution in [3.05, 3.63) is 86.0 Å². The highest BCUT2D eigenvalue weighted by molar-refractivity contribution is 9.10. The third-order valence-corrected chi connectivity index (χ3v) is 6.93.